The predicted octanol–water partition coefficient (Wildman–Crippen LogP) is 1.32. The zero-order valence-corrected chi connectivity index (χ0v) is 12.1. The van der Waals surface area contributed by atoms with Crippen LogP contribution in [0.25, 0.3) is 0 Å². The van der Waals surface area contributed by atoms with Gasteiger partial charge in [0.1, 0.15) is 6.61 Å². The van der Waals surface area contributed by atoms with E-state index in [4.69, 9.17) is 4.74 Å². The quantitative estimate of drug-likeness (QED) is 0.617. The Morgan fingerprint density at radius 3 is 2.22 bits per heavy atom. The van der Waals surface area contributed by atoms with Gasteiger partial charge in [-0.15, -0.1) is 0 Å². The zero-order valence-electron chi connectivity index (χ0n) is 12.1. The minimum absolute atomic E-state index is 0.0476. The highest BCUT2D eigenvalue weighted by molar-refractivity contribution is 5.78. The molecule has 0 aromatic carbocycles. The zero-order chi connectivity index (χ0) is 14.1. The van der Waals surface area contributed by atoms with Crippen LogP contribution in [0.3, 0.4) is 0 Å². The van der Waals surface area contributed by atoms with E-state index in [0.717, 1.165) is 6.42 Å². The first-order chi connectivity index (χ1) is 8.42. The average Bonchev–Trinajstić information content (AvgIpc) is 2.32. The van der Waals surface area contributed by atoms with Crippen molar-refractivity contribution < 1.29 is 19.1 Å². The number of nitrogens with zero attached hydrogens (tertiary/aromatic N) is 1. The van der Waals surface area contributed by atoms with Gasteiger partial charge < -0.3 is 14.4 Å². The summed E-state index contributed by atoms with van der Waals surface area (Å²) in [5, 5.41) is 0. The van der Waals surface area contributed by atoms with Crippen molar-refractivity contribution in [2.24, 2.45) is 11.8 Å². The molecule has 0 saturated heterocycles. The summed E-state index contributed by atoms with van der Waals surface area (Å²) in [6, 6.07) is 0. The molecule has 0 bridgehead atoms. The summed E-state index contributed by atoms with van der Waals surface area (Å²) >= 11 is 0. The van der Waals surface area contributed by atoms with Crippen molar-refractivity contribution in [1.82, 2.24) is 4.90 Å². The number of amides is 1. The van der Waals surface area contributed by atoms with Crippen LogP contribution in [0.15, 0.2) is 0 Å². The Labute approximate surface area is 109 Å². The van der Waals surface area contributed by atoms with E-state index in [1.165, 1.54) is 14.2 Å². The monoisotopic (exact) mass is 259 g/mol. The Bertz CT molecular complexity index is 266. The molecular weight excluding hydrogens is 234 g/mol. The van der Waals surface area contributed by atoms with Crippen LogP contribution in [0, 0.1) is 11.8 Å². The number of ether oxygens (including phenoxy) is 2. The highest BCUT2D eigenvalue weighted by Crippen LogP contribution is 2.07. The van der Waals surface area contributed by atoms with Gasteiger partial charge in [-0.2, -0.15) is 0 Å². The van der Waals surface area contributed by atoms with E-state index >= 15 is 0 Å². The molecule has 5 nitrogen and oxygen atoms in total. The van der Waals surface area contributed by atoms with E-state index in [-0.39, 0.29) is 24.4 Å². The number of methoxy groups -OCH3 is 2. The van der Waals surface area contributed by atoms with Crippen molar-refractivity contribution >= 4 is 11.9 Å². The molecule has 0 heterocycles. The molecule has 0 aromatic heterocycles. The minimum Gasteiger partial charge on any atom is -0.469 e. The van der Waals surface area contributed by atoms with Crippen LogP contribution >= 0.6 is 0 Å². The van der Waals surface area contributed by atoms with Gasteiger partial charge in [-0.05, 0) is 12.3 Å². The average molecular weight is 259 g/mol. The Morgan fingerprint density at radius 1 is 1.17 bits per heavy atom. The molecule has 0 rings (SSSR count). The lowest BCUT2D eigenvalue weighted by Gasteiger charge is -2.25. The molecule has 18 heavy (non-hydrogen) atoms. The van der Waals surface area contributed by atoms with E-state index in [1.54, 1.807) is 11.8 Å². The lowest BCUT2D eigenvalue weighted by molar-refractivity contribution is -0.147. The van der Waals surface area contributed by atoms with Gasteiger partial charge in [0.15, 0.2) is 0 Å². The molecule has 0 aromatic rings. The van der Waals surface area contributed by atoms with Gasteiger partial charge in [0.2, 0.25) is 5.91 Å². The minimum atomic E-state index is -0.317. The van der Waals surface area contributed by atoms with Gasteiger partial charge in [0, 0.05) is 20.2 Å². The number of esters is 1. The van der Waals surface area contributed by atoms with E-state index in [9.17, 15) is 9.59 Å². The Kier molecular flexibility index (Phi) is 8.37. The molecule has 0 saturated carbocycles. The summed E-state index contributed by atoms with van der Waals surface area (Å²) in [6.07, 6.45) is 0.906. The Morgan fingerprint density at radius 2 is 1.78 bits per heavy atom. The highest BCUT2D eigenvalue weighted by atomic mass is 16.5. The van der Waals surface area contributed by atoms with Gasteiger partial charge in [-0.1, -0.05) is 20.8 Å². The highest BCUT2D eigenvalue weighted by Gasteiger charge is 2.21. The summed E-state index contributed by atoms with van der Waals surface area (Å²) in [5.74, 6) is -0.192. The van der Waals surface area contributed by atoms with Crippen LogP contribution in [-0.2, 0) is 19.1 Å². The van der Waals surface area contributed by atoms with Crippen molar-refractivity contribution in [2.45, 2.75) is 27.2 Å². The number of carbonyl (C=O) groups excluding carboxylic acids is 2. The summed E-state index contributed by atoms with van der Waals surface area (Å²) in [6.45, 7) is 7.02. The molecule has 0 fully saturated rings. The van der Waals surface area contributed by atoms with Crippen LogP contribution in [0.5, 0.6) is 0 Å². The molecule has 0 radical (unpaired) electrons. The maximum Gasteiger partial charge on any atom is 0.310 e. The smallest absolute Gasteiger partial charge is 0.310 e. The molecular formula is C13H25NO4. The third-order valence-electron chi connectivity index (χ3n) is 2.69. The number of carbonyl (C=O) groups is 2. The third kappa shape index (κ3) is 6.59. The Balaban J connectivity index is 4.45. The molecule has 106 valence electrons. The summed E-state index contributed by atoms with van der Waals surface area (Å²) in [4.78, 5) is 24.9. The predicted molar refractivity (Wildman–Crippen MR) is 69.1 cm³/mol. The largest absolute Gasteiger partial charge is 0.469 e. The topological polar surface area (TPSA) is 55.8 Å². The molecule has 1 atom stereocenters. The van der Waals surface area contributed by atoms with Crippen molar-refractivity contribution in [3.8, 4) is 0 Å². The lowest BCUT2D eigenvalue weighted by atomic mass is 10.1. The first-order valence-electron chi connectivity index (χ1n) is 6.26. The number of hydrogen-bond acceptors (Lipinski definition) is 4. The molecule has 0 N–H and O–H groups in total. The van der Waals surface area contributed by atoms with Crippen LogP contribution in [-0.4, -0.2) is 50.7 Å². The van der Waals surface area contributed by atoms with Gasteiger partial charge in [0.05, 0.1) is 13.0 Å². The maximum atomic E-state index is 11.9. The number of rotatable bonds is 8. The lowest BCUT2D eigenvalue weighted by Crippen LogP contribution is -2.40. The fraction of sp³-hybridized carbons (Fsp3) is 0.846. The van der Waals surface area contributed by atoms with Crippen molar-refractivity contribution in [3.63, 3.8) is 0 Å². The van der Waals surface area contributed by atoms with E-state index in [1.807, 2.05) is 0 Å². The van der Waals surface area contributed by atoms with Crippen LogP contribution in [0.4, 0.5) is 0 Å². The third-order valence-corrected chi connectivity index (χ3v) is 2.69. The molecule has 0 aliphatic rings. The molecule has 0 aliphatic carbocycles. The molecule has 5 heteroatoms. The second-order valence-electron chi connectivity index (χ2n) is 4.88. The van der Waals surface area contributed by atoms with Gasteiger partial charge >= 0.3 is 5.97 Å². The van der Waals surface area contributed by atoms with Gasteiger partial charge in [-0.25, -0.2) is 0 Å². The SMILES string of the molecule is COCC(=O)N(CCC(C)C)CC(C)C(=O)OC. The first-order valence-corrected chi connectivity index (χ1v) is 6.26. The normalized spacial score (nSPS) is 12.3. The van der Waals surface area contributed by atoms with Gasteiger partial charge in [-0.3, -0.25) is 9.59 Å². The molecule has 0 spiro atoms. The van der Waals surface area contributed by atoms with Crippen molar-refractivity contribution in [3.05, 3.63) is 0 Å². The first kappa shape index (κ1) is 16.9. The molecule has 0 aliphatic heterocycles. The van der Waals surface area contributed by atoms with Crippen molar-refractivity contribution in [1.29, 1.82) is 0 Å². The standard InChI is InChI=1S/C13H25NO4/c1-10(2)6-7-14(12(15)9-17-4)8-11(3)13(16)18-5/h10-11H,6-9H2,1-5H3. The Hall–Kier alpha value is -1.10. The molecule has 1 amide bonds. The van der Waals surface area contributed by atoms with Crippen LogP contribution in [0.2, 0.25) is 0 Å². The van der Waals surface area contributed by atoms with Crippen molar-refractivity contribution in [2.75, 3.05) is 33.9 Å². The van der Waals surface area contributed by atoms with E-state index < -0.39 is 0 Å². The van der Waals surface area contributed by atoms with Gasteiger partial charge in [0.25, 0.3) is 0 Å². The second-order valence-corrected chi connectivity index (χ2v) is 4.88. The fourth-order valence-electron chi connectivity index (χ4n) is 1.55. The number of hydrogen-bond donors (Lipinski definition) is 0. The maximum absolute atomic E-state index is 11.9. The summed E-state index contributed by atoms with van der Waals surface area (Å²) < 4.78 is 9.52. The van der Waals surface area contributed by atoms with E-state index in [2.05, 4.69) is 18.6 Å². The van der Waals surface area contributed by atoms with Crippen LogP contribution in [0.1, 0.15) is 27.2 Å². The fourth-order valence-corrected chi connectivity index (χ4v) is 1.55. The van der Waals surface area contributed by atoms with Crippen LogP contribution < -0.4 is 0 Å². The summed E-state index contributed by atoms with van der Waals surface area (Å²) in [7, 11) is 2.84. The second kappa shape index (κ2) is 8.91. The van der Waals surface area contributed by atoms with E-state index in [0.29, 0.717) is 19.0 Å². The summed E-state index contributed by atoms with van der Waals surface area (Å²) in [5.41, 5.74) is 0. The molecule has 1 unspecified atom stereocenters.